The summed E-state index contributed by atoms with van der Waals surface area (Å²) in [6.45, 7) is 2.95. The summed E-state index contributed by atoms with van der Waals surface area (Å²) in [6.07, 6.45) is 3.36. The zero-order valence-electron chi connectivity index (χ0n) is 22.9. The van der Waals surface area contributed by atoms with E-state index in [0.29, 0.717) is 13.2 Å². The van der Waals surface area contributed by atoms with E-state index < -0.39 is 5.60 Å². The molecule has 0 heterocycles. The molecule has 4 aromatic rings. The minimum Gasteiger partial charge on any atom is -0.497 e. The van der Waals surface area contributed by atoms with Crippen LogP contribution in [0.15, 0.2) is 115 Å². The average Bonchev–Trinajstić information content (AvgIpc) is 3.01. The fourth-order valence-corrected chi connectivity index (χ4v) is 4.95. The summed E-state index contributed by atoms with van der Waals surface area (Å²) in [4.78, 5) is 11.6. The Kier molecular flexibility index (Phi) is 10.5. The maximum Gasteiger partial charge on any atom is 0.143 e. The molecular formula is C35H38O4. The smallest absolute Gasteiger partial charge is 0.143 e. The van der Waals surface area contributed by atoms with Gasteiger partial charge in [0.05, 0.1) is 19.8 Å². The van der Waals surface area contributed by atoms with Crippen LogP contribution in [0.1, 0.15) is 48.4 Å². The Labute approximate surface area is 232 Å². The molecule has 0 fully saturated rings. The van der Waals surface area contributed by atoms with E-state index in [1.807, 2.05) is 49.4 Å². The molecule has 0 aliphatic heterocycles. The topological polar surface area (TPSA) is 44.8 Å². The summed E-state index contributed by atoms with van der Waals surface area (Å²) in [6, 6.07) is 39.1. The third-order valence-electron chi connectivity index (χ3n) is 7.17. The Morgan fingerprint density at radius 3 is 1.69 bits per heavy atom. The molecule has 4 rings (SSSR count). The fourth-order valence-electron chi connectivity index (χ4n) is 4.95. The van der Waals surface area contributed by atoms with Crippen molar-refractivity contribution >= 4 is 6.29 Å². The Bertz CT molecular complexity index is 1140. The van der Waals surface area contributed by atoms with Crippen LogP contribution >= 0.6 is 0 Å². The Hall–Kier alpha value is -3.73. The number of aldehydes is 1. The van der Waals surface area contributed by atoms with Gasteiger partial charge in [-0.05, 0) is 53.6 Å². The monoisotopic (exact) mass is 522 g/mol. The van der Waals surface area contributed by atoms with Crippen LogP contribution in [0, 0.1) is 5.92 Å². The van der Waals surface area contributed by atoms with E-state index in [0.717, 1.165) is 53.6 Å². The number of unbranched alkanes of at least 4 members (excludes halogenated alkanes) is 1. The maximum atomic E-state index is 11.6. The number of hydrogen-bond donors (Lipinski definition) is 0. The lowest BCUT2D eigenvalue weighted by Gasteiger charge is -2.36. The zero-order valence-corrected chi connectivity index (χ0v) is 22.9. The highest BCUT2D eigenvalue weighted by atomic mass is 16.5. The van der Waals surface area contributed by atoms with E-state index in [2.05, 4.69) is 72.8 Å². The Balaban J connectivity index is 1.44. The molecule has 0 saturated heterocycles. The molecule has 2 atom stereocenters. The van der Waals surface area contributed by atoms with E-state index >= 15 is 0 Å². The second-order valence-electron chi connectivity index (χ2n) is 9.82. The van der Waals surface area contributed by atoms with E-state index in [1.54, 1.807) is 7.11 Å². The van der Waals surface area contributed by atoms with Gasteiger partial charge in [-0.25, -0.2) is 0 Å². The van der Waals surface area contributed by atoms with Gasteiger partial charge in [0, 0.05) is 12.5 Å². The van der Waals surface area contributed by atoms with Gasteiger partial charge in [-0.2, -0.15) is 0 Å². The molecule has 39 heavy (non-hydrogen) atoms. The standard InChI is InChI=1S/C35H38O4/c1-28(26-36)34(38-27-29-21-23-33(37-2)24-22-29)20-12-13-25-39-35(30-14-6-3-7-15-30,31-16-8-4-9-17-31)32-18-10-5-11-19-32/h3-11,14-19,21-24,26,28,34H,12-13,20,25,27H2,1-2H3/t28-,34-/m1/s1. The van der Waals surface area contributed by atoms with E-state index in [-0.39, 0.29) is 12.0 Å². The molecule has 0 aliphatic carbocycles. The minimum absolute atomic E-state index is 0.147. The van der Waals surface area contributed by atoms with Gasteiger partial charge in [0.2, 0.25) is 0 Å². The number of hydrogen-bond acceptors (Lipinski definition) is 4. The summed E-state index contributed by atoms with van der Waals surface area (Å²) < 4.78 is 18.3. The Morgan fingerprint density at radius 1 is 0.718 bits per heavy atom. The fraction of sp³-hybridized carbons (Fsp3) is 0.286. The first-order valence-corrected chi connectivity index (χ1v) is 13.7. The molecule has 4 aromatic carbocycles. The van der Waals surface area contributed by atoms with E-state index in [1.165, 1.54) is 0 Å². The first kappa shape index (κ1) is 28.3. The van der Waals surface area contributed by atoms with Crippen LogP contribution in [0.4, 0.5) is 0 Å². The van der Waals surface area contributed by atoms with Crippen molar-refractivity contribution in [2.45, 2.75) is 44.5 Å². The van der Waals surface area contributed by atoms with E-state index in [4.69, 9.17) is 14.2 Å². The molecule has 4 nitrogen and oxygen atoms in total. The summed E-state index contributed by atoms with van der Waals surface area (Å²) in [5, 5.41) is 0. The van der Waals surface area contributed by atoms with Crippen molar-refractivity contribution in [1.82, 2.24) is 0 Å². The molecule has 0 spiro atoms. The number of benzene rings is 4. The molecule has 202 valence electrons. The Morgan fingerprint density at radius 2 is 1.23 bits per heavy atom. The van der Waals surface area contributed by atoms with Crippen molar-refractivity contribution in [3.05, 3.63) is 138 Å². The number of rotatable bonds is 15. The summed E-state index contributed by atoms with van der Waals surface area (Å²) in [5.41, 5.74) is 3.62. The zero-order chi connectivity index (χ0) is 27.3. The first-order chi connectivity index (χ1) is 19.2. The van der Waals surface area contributed by atoms with Crippen LogP contribution in [-0.2, 0) is 26.5 Å². The van der Waals surface area contributed by atoms with Crippen LogP contribution in [-0.4, -0.2) is 26.1 Å². The number of carbonyl (C=O) groups excluding carboxylic acids is 1. The minimum atomic E-state index is -0.718. The molecule has 0 unspecified atom stereocenters. The van der Waals surface area contributed by atoms with Gasteiger partial charge in [0.1, 0.15) is 17.6 Å². The summed E-state index contributed by atoms with van der Waals surface area (Å²) >= 11 is 0. The van der Waals surface area contributed by atoms with Crippen LogP contribution in [0.5, 0.6) is 5.75 Å². The highest BCUT2D eigenvalue weighted by Gasteiger charge is 2.37. The van der Waals surface area contributed by atoms with Crippen molar-refractivity contribution in [3.8, 4) is 5.75 Å². The van der Waals surface area contributed by atoms with Gasteiger partial charge >= 0.3 is 0 Å². The van der Waals surface area contributed by atoms with Gasteiger partial charge < -0.3 is 19.0 Å². The predicted octanol–water partition coefficient (Wildman–Crippen LogP) is 7.59. The van der Waals surface area contributed by atoms with Crippen LogP contribution in [0.3, 0.4) is 0 Å². The first-order valence-electron chi connectivity index (χ1n) is 13.7. The molecule has 0 aromatic heterocycles. The van der Waals surface area contributed by atoms with Gasteiger partial charge in [-0.15, -0.1) is 0 Å². The highest BCUT2D eigenvalue weighted by molar-refractivity contribution is 5.53. The molecule has 0 N–H and O–H groups in total. The van der Waals surface area contributed by atoms with Crippen LogP contribution in [0.2, 0.25) is 0 Å². The lowest BCUT2D eigenvalue weighted by molar-refractivity contribution is -0.116. The third-order valence-corrected chi connectivity index (χ3v) is 7.17. The molecule has 0 aliphatic rings. The lowest BCUT2D eigenvalue weighted by Crippen LogP contribution is -2.33. The maximum absolute atomic E-state index is 11.6. The van der Waals surface area contributed by atoms with Crippen LogP contribution < -0.4 is 4.74 Å². The predicted molar refractivity (Wildman–Crippen MR) is 156 cm³/mol. The van der Waals surface area contributed by atoms with Crippen molar-refractivity contribution in [2.24, 2.45) is 5.92 Å². The molecular weight excluding hydrogens is 484 g/mol. The second-order valence-corrected chi connectivity index (χ2v) is 9.82. The van der Waals surface area contributed by atoms with Crippen molar-refractivity contribution in [2.75, 3.05) is 13.7 Å². The molecule has 0 bridgehead atoms. The largest absolute Gasteiger partial charge is 0.497 e. The van der Waals surface area contributed by atoms with Crippen molar-refractivity contribution in [1.29, 1.82) is 0 Å². The van der Waals surface area contributed by atoms with Gasteiger partial charge in [0.15, 0.2) is 0 Å². The summed E-state index contributed by atoms with van der Waals surface area (Å²) in [5.74, 6) is 0.635. The molecule has 0 amide bonds. The van der Waals surface area contributed by atoms with E-state index in [9.17, 15) is 4.79 Å². The molecule has 4 heteroatoms. The highest BCUT2D eigenvalue weighted by Crippen LogP contribution is 2.40. The van der Waals surface area contributed by atoms with Gasteiger partial charge in [0.25, 0.3) is 0 Å². The second kappa shape index (κ2) is 14.4. The lowest BCUT2D eigenvalue weighted by atomic mass is 9.80. The SMILES string of the molecule is COc1ccc(CO[C@H](CCCCOC(c2ccccc2)(c2ccccc2)c2ccccc2)[C@H](C)C=O)cc1. The number of carbonyl (C=O) groups is 1. The van der Waals surface area contributed by atoms with Crippen molar-refractivity contribution in [3.63, 3.8) is 0 Å². The van der Waals surface area contributed by atoms with Crippen molar-refractivity contribution < 1.29 is 19.0 Å². The average molecular weight is 523 g/mol. The summed E-state index contributed by atoms with van der Waals surface area (Å²) in [7, 11) is 1.65. The normalized spacial score (nSPS) is 13.0. The molecule has 0 radical (unpaired) electrons. The van der Waals surface area contributed by atoms with Gasteiger partial charge in [-0.3, -0.25) is 0 Å². The van der Waals surface area contributed by atoms with Crippen LogP contribution in [0.25, 0.3) is 0 Å². The third kappa shape index (κ3) is 7.23. The molecule has 0 saturated carbocycles. The quantitative estimate of drug-likeness (QED) is 0.0916. The number of ether oxygens (including phenoxy) is 3. The number of methoxy groups -OCH3 is 1. The van der Waals surface area contributed by atoms with Gasteiger partial charge in [-0.1, -0.05) is 110 Å².